The van der Waals surface area contributed by atoms with Gasteiger partial charge in [-0.3, -0.25) is 14.4 Å². The number of ether oxygens (including phenoxy) is 1. The minimum Gasteiger partial charge on any atom is -0.457 e. The summed E-state index contributed by atoms with van der Waals surface area (Å²) in [5.74, 6) is -0.328. The van der Waals surface area contributed by atoms with Gasteiger partial charge in [-0.15, -0.1) is 0 Å². The predicted molar refractivity (Wildman–Crippen MR) is 152 cm³/mol. The van der Waals surface area contributed by atoms with Gasteiger partial charge in [-0.2, -0.15) is 0 Å². The van der Waals surface area contributed by atoms with Crippen molar-refractivity contribution in [3.8, 4) is 11.5 Å². The number of amides is 3. The third-order valence-electron chi connectivity index (χ3n) is 6.14. The predicted octanol–water partition coefficient (Wildman–Crippen LogP) is 6.73. The maximum absolute atomic E-state index is 13.2. The van der Waals surface area contributed by atoms with Crippen LogP contribution in [-0.4, -0.2) is 17.7 Å². The topological polar surface area (TPSA) is 87.7 Å². The number of imide groups is 1. The van der Waals surface area contributed by atoms with Gasteiger partial charge in [0.15, 0.2) is 0 Å². The van der Waals surface area contributed by atoms with E-state index in [4.69, 9.17) is 16.3 Å². The van der Waals surface area contributed by atoms with Crippen LogP contribution in [0.25, 0.3) is 0 Å². The fraction of sp³-hybridized carbons (Fsp3) is 0.0645. The van der Waals surface area contributed by atoms with E-state index in [9.17, 15) is 14.4 Å². The van der Waals surface area contributed by atoms with E-state index in [-0.39, 0.29) is 16.6 Å². The molecule has 1 heterocycles. The first kappa shape index (κ1) is 25.8. The summed E-state index contributed by atoms with van der Waals surface area (Å²) < 4.78 is 5.78. The second-order valence-corrected chi connectivity index (χ2v) is 9.09. The van der Waals surface area contributed by atoms with Gasteiger partial charge in [0.25, 0.3) is 17.7 Å². The molecule has 1 aliphatic rings. The van der Waals surface area contributed by atoms with Gasteiger partial charge in [0.1, 0.15) is 22.2 Å². The number of hydrogen-bond acceptors (Lipinski definition) is 5. The first-order valence-electron chi connectivity index (χ1n) is 12.3. The van der Waals surface area contributed by atoms with Crippen LogP contribution < -0.4 is 20.3 Å². The number of para-hydroxylation sites is 2. The van der Waals surface area contributed by atoms with Crippen molar-refractivity contribution in [2.24, 2.45) is 0 Å². The van der Waals surface area contributed by atoms with Gasteiger partial charge >= 0.3 is 0 Å². The highest BCUT2D eigenvalue weighted by Gasteiger charge is 2.39. The number of benzene rings is 4. The Morgan fingerprint density at radius 1 is 0.821 bits per heavy atom. The van der Waals surface area contributed by atoms with Crippen LogP contribution in [0.4, 0.5) is 17.1 Å². The van der Waals surface area contributed by atoms with Crippen molar-refractivity contribution >= 4 is 46.4 Å². The van der Waals surface area contributed by atoms with E-state index in [1.54, 1.807) is 48.5 Å². The Hall–Kier alpha value is -4.88. The number of aryl methyl sites for hydroxylation is 1. The minimum atomic E-state index is -0.647. The molecule has 4 aromatic rings. The first-order valence-corrected chi connectivity index (χ1v) is 12.7. The van der Waals surface area contributed by atoms with Crippen molar-refractivity contribution in [1.29, 1.82) is 0 Å². The molecular weight excluding hydrogens is 514 g/mol. The molecule has 0 saturated heterocycles. The highest BCUT2D eigenvalue weighted by Crippen LogP contribution is 2.32. The van der Waals surface area contributed by atoms with Gasteiger partial charge in [-0.1, -0.05) is 61.0 Å². The summed E-state index contributed by atoms with van der Waals surface area (Å²) >= 11 is 6.30. The Bertz CT molecular complexity index is 1580. The molecule has 0 radical (unpaired) electrons. The summed E-state index contributed by atoms with van der Waals surface area (Å²) in [6.07, 6.45) is 0.778. The number of hydrogen-bond donors (Lipinski definition) is 2. The molecule has 2 N–H and O–H groups in total. The van der Waals surface area contributed by atoms with Gasteiger partial charge in [-0.25, -0.2) is 4.90 Å². The first-order chi connectivity index (χ1) is 18.9. The lowest BCUT2D eigenvalue weighted by Crippen LogP contribution is -2.32. The zero-order valence-corrected chi connectivity index (χ0v) is 21.7. The Morgan fingerprint density at radius 2 is 1.51 bits per heavy atom. The molecule has 8 heteroatoms. The van der Waals surface area contributed by atoms with E-state index in [0.29, 0.717) is 28.4 Å². The van der Waals surface area contributed by atoms with Gasteiger partial charge in [0, 0.05) is 16.9 Å². The molecule has 0 atom stereocenters. The fourth-order valence-electron chi connectivity index (χ4n) is 4.16. The molecule has 7 nitrogen and oxygen atoms in total. The molecule has 0 bridgehead atoms. The van der Waals surface area contributed by atoms with Gasteiger partial charge in [0.05, 0.1) is 5.69 Å². The lowest BCUT2D eigenvalue weighted by Gasteiger charge is -2.16. The van der Waals surface area contributed by atoms with Crippen molar-refractivity contribution < 1.29 is 19.1 Å². The van der Waals surface area contributed by atoms with Crippen LogP contribution in [0.1, 0.15) is 22.8 Å². The number of anilines is 3. The number of nitrogens with one attached hydrogen (secondary N) is 2. The van der Waals surface area contributed by atoms with E-state index in [1.165, 1.54) is 0 Å². The van der Waals surface area contributed by atoms with Gasteiger partial charge in [-0.05, 0) is 72.6 Å². The Morgan fingerprint density at radius 3 is 2.26 bits per heavy atom. The third-order valence-corrected chi connectivity index (χ3v) is 6.49. The molecule has 3 amide bonds. The Balaban J connectivity index is 1.30. The van der Waals surface area contributed by atoms with Gasteiger partial charge < -0.3 is 15.4 Å². The molecular formula is C31H24ClN3O4. The largest absolute Gasteiger partial charge is 0.457 e. The van der Waals surface area contributed by atoms with Gasteiger partial charge in [0.2, 0.25) is 0 Å². The van der Waals surface area contributed by atoms with Crippen LogP contribution in [0, 0.1) is 0 Å². The summed E-state index contributed by atoms with van der Waals surface area (Å²) in [5.41, 5.74) is 2.86. The average Bonchev–Trinajstić information content (AvgIpc) is 3.17. The summed E-state index contributed by atoms with van der Waals surface area (Å²) in [6, 6.07) is 30.0. The average molecular weight is 538 g/mol. The number of carbonyl (C=O) groups excluding carboxylic acids is 3. The fourth-order valence-corrected chi connectivity index (χ4v) is 4.37. The number of carbonyl (C=O) groups is 3. The standard InChI is InChI=1S/C31H24ClN3O4/c1-2-20-9-6-7-14-26(20)34-29(36)21-10-8-11-22(19-21)33-28-27(32)30(37)35(31(28)38)23-15-17-25(18-16-23)39-24-12-4-3-5-13-24/h3-19,33H,2H2,1H3,(H,34,36). The summed E-state index contributed by atoms with van der Waals surface area (Å²) in [7, 11) is 0. The summed E-state index contributed by atoms with van der Waals surface area (Å²) in [4.78, 5) is 40.0. The molecule has 0 fully saturated rings. The van der Waals surface area contributed by atoms with Crippen LogP contribution in [0.2, 0.25) is 0 Å². The molecule has 4 aromatic carbocycles. The quantitative estimate of drug-likeness (QED) is 0.243. The SMILES string of the molecule is CCc1ccccc1NC(=O)c1cccc(NC2=C(Cl)C(=O)N(c3ccc(Oc4ccccc4)cc3)C2=O)c1. The Kier molecular flexibility index (Phi) is 7.43. The number of halogens is 1. The molecule has 194 valence electrons. The Labute approximate surface area is 230 Å². The summed E-state index contributed by atoms with van der Waals surface area (Å²) in [6.45, 7) is 2.02. The molecule has 0 spiro atoms. The van der Waals surface area contributed by atoms with E-state index in [2.05, 4.69) is 10.6 Å². The second kappa shape index (κ2) is 11.2. The van der Waals surface area contributed by atoms with E-state index >= 15 is 0 Å². The lowest BCUT2D eigenvalue weighted by molar-refractivity contribution is -0.120. The molecule has 39 heavy (non-hydrogen) atoms. The van der Waals surface area contributed by atoms with Crippen LogP contribution >= 0.6 is 11.6 Å². The third kappa shape index (κ3) is 5.54. The molecule has 0 saturated carbocycles. The van der Waals surface area contributed by atoms with Crippen molar-refractivity contribution in [3.05, 3.63) is 125 Å². The van der Waals surface area contributed by atoms with E-state index in [0.717, 1.165) is 22.6 Å². The maximum atomic E-state index is 13.2. The van der Waals surface area contributed by atoms with Crippen LogP contribution in [0.5, 0.6) is 11.5 Å². The normalized spacial score (nSPS) is 13.0. The van der Waals surface area contributed by atoms with E-state index < -0.39 is 11.8 Å². The van der Waals surface area contributed by atoms with Crippen molar-refractivity contribution in [3.63, 3.8) is 0 Å². The van der Waals surface area contributed by atoms with Crippen LogP contribution in [0.15, 0.2) is 114 Å². The highest BCUT2D eigenvalue weighted by atomic mass is 35.5. The molecule has 5 rings (SSSR count). The van der Waals surface area contributed by atoms with Crippen LogP contribution in [-0.2, 0) is 16.0 Å². The van der Waals surface area contributed by atoms with E-state index in [1.807, 2.05) is 61.5 Å². The molecule has 0 aromatic heterocycles. The molecule has 0 unspecified atom stereocenters. The van der Waals surface area contributed by atoms with Crippen molar-refractivity contribution in [2.45, 2.75) is 13.3 Å². The smallest absolute Gasteiger partial charge is 0.283 e. The zero-order valence-electron chi connectivity index (χ0n) is 21.0. The monoisotopic (exact) mass is 537 g/mol. The maximum Gasteiger partial charge on any atom is 0.283 e. The zero-order chi connectivity index (χ0) is 27.4. The van der Waals surface area contributed by atoms with Crippen LogP contribution in [0.3, 0.4) is 0 Å². The molecule has 1 aliphatic heterocycles. The number of rotatable bonds is 8. The highest BCUT2D eigenvalue weighted by molar-refractivity contribution is 6.53. The van der Waals surface area contributed by atoms with Crippen molar-refractivity contribution in [1.82, 2.24) is 0 Å². The summed E-state index contributed by atoms with van der Waals surface area (Å²) in [5, 5.41) is 5.61. The molecule has 0 aliphatic carbocycles. The second-order valence-electron chi connectivity index (χ2n) is 8.71. The van der Waals surface area contributed by atoms with Crippen molar-refractivity contribution in [2.75, 3.05) is 15.5 Å². The number of nitrogens with zero attached hydrogens (tertiary/aromatic N) is 1. The minimum absolute atomic E-state index is 0.0693. The lowest BCUT2D eigenvalue weighted by atomic mass is 10.1.